The fourth-order valence-electron chi connectivity index (χ4n) is 0.300. The molecule has 12 heavy (non-hydrogen) atoms. The largest absolute Gasteiger partial charge is 0.330 e. The van der Waals surface area contributed by atoms with Crippen molar-refractivity contribution in [2.75, 3.05) is 14.2 Å². The van der Waals surface area contributed by atoms with E-state index < -0.39 is 16.2 Å². The van der Waals surface area contributed by atoms with Gasteiger partial charge in [-0.3, -0.25) is 0 Å². The van der Waals surface area contributed by atoms with Crippen LogP contribution in [0.5, 0.6) is 0 Å². The molecule has 0 fully saturated rings. The Morgan fingerprint density at radius 1 is 1.33 bits per heavy atom. The van der Waals surface area contributed by atoms with Gasteiger partial charge in [0, 0.05) is 21.1 Å². The predicted octanol–water partition coefficient (Wildman–Crippen LogP) is -1.32. The van der Waals surface area contributed by atoms with Crippen molar-refractivity contribution in [1.82, 2.24) is 4.89 Å². The van der Waals surface area contributed by atoms with Crippen molar-refractivity contribution in [3.63, 3.8) is 0 Å². The molecule has 0 saturated heterocycles. The molecule has 0 aromatic carbocycles. The number of methoxy groups -OCH3 is 2. The summed E-state index contributed by atoms with van der Waals surface area (Å²) >= 11 is 0. The monoisotopic (exact) mass is 200 g/mol. The Kier molecular flexibility index (Phi) is 4.03. The zero-order valence-corrected chi connectivity index (χ0v) is 7.84. The van der Waals surface area contributed by atoms with Crippen LogP contribution in [0.25, 0.3) is 0 Å². The highest BCUT2D eigenvalue weighted by atomic mass is 32.2. The SMILES string of the molecule is COC(C)(OC)ONS(N)(=O)=O. The summed E-state index contributed by atoms with van der Waals surface area (Å²) in [4.78, 5) is 6.05. The molecule has 0 rings (SSSR count). The standard InChI is InChI=1S/C4H12N2O5S/c1-4(9-2,10-3)11-6-12(5,7)8/h6H,1-3H3,(H2,5,7,8). The average molecular weight is 200 g/mol. The Labute approximate surface area is 70.9 Å². The van der Waals surface area contributed by atoms with Crippen LogP contribution in [0.15, 0.2) is 0 Å². The van der Waals surface area contributed by atoms with Crippen LogP contribution in [-0.2, 0) is 24.5 Å². The Hall–Kier alpha value is -0.250. The van der Waals surface area contributed by atoms with Gasteiger partial charge in [-0.05, 0) is 0 Å². The molecule has 8 heteroatoms. The van der Waals surface area contributed by atoms with E-state index in [-0.39, 0.29) is 0 Å². The molecule has 0 aliphatic heterocycles. The molecule has 0 unspecified atom stereocenters. The summed E-state index contributed by atoms with van der Waals surface area (Å²) < 4.78 is 30.0. The highest BCUT2D eigenvalue weighted by molar-refractivity contribution is 7.87. The number of nitrogens with two attached hydrogens (primary N) is 1. The molecule has 0 radical (unpaired) electrons. The van der Waals surface area contributed by atoms with Crippen LogP contribution in [0.1, 0.15) is 6.92 Å². The fourth-order valence-corrected chi connectivity index (χ4v) is 0.568. The zero-order chi connectivity index (χ0) is 9.83. The second-order valence-corrected chi connectivity index (χ2v) is 3.26. The summed E-state index contributed by atoms with van der Waals surface area (Å²) in [5.41, 5.74) is 0. The van der Waals surface area contributed by atoms with Crippen molar-refractivity contribution in [1.29, 1.82) is 0 Å². The molecule has 0 aromatic rings. The maximum Gasteiger partial charge on any atom is 0.297 e. The molecule has 0 aliphatic carbocycles. The first kappa shape index (κ1) is 11.8. The van der Waals surface area contributed by atoms with E-state index in [1.807, 2.05) is 0 Å². The molecule has 0 spiro atoms. The zero-order valence-electron chi connectivity index (χ0n) is 7.03. The van der Waals surface area contributed by atoms with Gasteiger partial charge in [0.1, 0.15) is 0 Å². The second-order valence-electron chi connectivity index (χ2n) is 2.00. The van der Waals surface area contributed by atoms with Crippen molar-refractivity contribution in [2.45, 2.75) is 12.9 Å². The van der Waals surface area contributed by atoms with Gasteiger partial charge in [-0.2, -0.15) is 8.42 Å². The Balaban J connectivity index is 4.07. The van der Waals surface area contributed by atoms with Gasteiger partial charge in [0.05, 0.1) is 0 Å². The maximum atomic E-state index is 10.3. The van der Waals surface area contributed by atoms with E-state index in [1.165, 1.54) is 21.1 Å². The van der Waals surface area contributed by atoms with E-state index in [1.54, 1.807) is 4.89 Å². The normalized spacial score (nSPS) is 13.3. The maximum absolute atomic E-state index is 10.3. The minimum absolute atomic E-state index is 1.29. The summed E-state index contributed by atoms with van der Waals surface area (Å²) in [5.74, 6) is -1.48. The first-order valence-electron chi connectivity index (χ1n) is 2.91. The van der Waals surface area contributed by atoms with Gasteiger partial charge in [-0.25, -0.2) is 9.98 Å². The van der Waals surface area contributed by atoms with Crippen molar-refractivity contribution < 1.29 is 22.7 Å². The van der Waals surface area contributed by atoms with Crippen LogP contribution in [0.3, 0.4) is 0 Å². The fraction of sp³-hybridized carbons (Fsp3) is 1.00. The lowest BCUT2D eigenvalue weighted by molar-refractivity contribution is -0.362. The van der Waals surface area contributed by atoms with E-state index >= 15 is 0 Å². The third kappa shape index (κ3) is 4.59. The van der Waals surface area contributed by atoms with Gasteiger partial charge < -0.3 is 9.47 Å². The van der Waals surface area contributed by atoms with Crippen LogP contribution in [0.2, 0.25) is 0 Å². The van der Waals surface area contributed by atoms with Gasteiger partial charge >= 0.3 is 0 Å². The Bertz CT molecular complexity index is 222. The van der Waals surface area contributed by atoms with E-state index in [2.05, 4.69) is 19.5 Å². The summed E-state index contributed by atoms with van der Waals surface area (Å²) in [7, 11) is -1.34. The van der Waals surface area contributed by atoms with Gasteiger partial charge in [0.2, 0.25) is 0 Å². The van der Waals surface area contributed by atoms with Gasteiger partial charge in [-0.15, -0.1) is 0 Å². The molecular formula is C4H12N2O5S. The molecule has 74 valence electrons. The Morgan fingerprint density at radius 2 is 1.75 bits per heavy atom. The molecule has 0 bridgehead atoms. The quantitative estimate of drug-likeness (QED) is 0.423. The molecule has 7 nitrogen and oxygen atoms in total. The first-order chi connectivity index (χ1) is 5.33. The molecule has 0 heterocycles. The summed E-state index contributed by atoms with van der Waals surface area (Å²) in [6, 6.07) is 0. The lowest BCUT2D eigenvalue weighted by Crippen LogP contribution is -2.43. The smallest absolute Gasteiger partial charge is 0.297 e. The topological polar surface area (TPSA) is 99.9 Å². The van der Waals surface area contributed by atoms with Crippen LogP contribution < -0.4 is 10.0 Å². The second kappa shape index (κ2) is 4.12. The molecule has 0 aliphatic rings. The number of ether oxygens (including phenoxy) is 2. The minimum Gasteiger partial charge on any atom is -0.330 e. The highest BCUT2D eigenvalue weighted by Crippen LogP contribution is 2.09. The van der Waals surface area contributed by atoms with Crippen molar-refractivity contribution in [2.24, 2.45) is 5.14 Å². The summed E-state index contributed by atoms with van der Waals surface area (Å²) in [5, 5.41) is 4.58. The number of nitrogens with one attached hydrogen (secondary N) is 1. The summed E-state index contributed by atoms with van der Waals surface area (Å²) in [6.45, 7) is 1.37. The lowest BCUT2D eigenvalue weighted by Gasteiger charge is -2.24. The Morgan fingerprint density at radius 3 is 2.00 bits per heavy atom. The summed E-state index contributed by atoms with van der Waals surface area (Å²) in [6.07, 6.45) is 0. The van der Waals surface area contributed by atoms with Crippen molar-refractivity contribution in [3.05, 3.63) is 0 Å². The van der Waals surface area contributed by atoms with Crippen molar-refractivity contribution in [3.8, 4) is 0 Å². The third-order valence-corrected chi connectivity index (χ3v) is 1.40. The van der Waals surface area contributed by atoms with Crippen LogP contribution in [0, 0.1) is 0 Å². The minimum atomic E-state index is -3.91. The van der Waals surface area contributed by atoms with E-state index in [0.29, 0.717) is 0 Å². The molecular weight excluding hydrogens is 188 g/mol. The van der Waals surface area contributed by atoms with E-state index in [0.717, 1.165) is 0 Å². The van der Waals surface area contributed by atoms with Crippen LogP contribution in [-0.4, -0.2) is 28.6 Å². The lowest BCUT2D eigenvalue weighted by atomic mass is 10.6. The van der Waals surface area contributed by atoms with Crippen LogP contribution >= 0.6 is 0 Å². The van der Waals surface area contributed by atoms with Gasteiger partial charge in [0.15, 0.2) is 0 Å². The molecule has 0 amide bonds. The van der Waals surface area contributed by atoms with E-state index in [4.69, 9.17) is 0 Å². The van der Waals surface area contributed by atoms with Gasteiger partial charge in [0.25, 0.3) is 16.2 Å². The van der Waals surface area contributed by atoms with Crippen molar-refractivity contribution >= 4 is 10.2 Å². The third-order valence-electron chi connectivity index (χ3n) is 1.08. The number of rotatable bonds is 5. The highest BCUT2D eigenvalue weighted by Gasteiger charge is 2.25. The molecule has 0 saturated carbocycles. The molecule has 0 atom stereocenters. The van der Waals surface area contributed by atoms with E-state index in [9.17, 15) is 8.42 Å². The van der Waals surface area contributed by atoms with Gasteiger partial charge in [-0.1, -0.05) is 4.89 Å². The van der Waals surface area contributed by atoms with Crippen LogP contribution in [0.4, 0.5) is 0 Å². The predicted molar refractivity (Wildman–Crippen MR) is 39.8 cm³/mol. The number of hydrogen-bond donors (Lipinski definition) is 2. The number of hydrogen-bond acceptors (Lipinski definition) is 5. The molecule has 0 aromatic heterocycles. The molecule has 3 N–H and O–H groups in total. The average Bonchev–Trinajstić information content (AvgIpc) is 1.99. The first-order valence-corrected chi connectivity index (χ1v) is 4.45.